The molecule has 0 fully saturated rings. The number of aromatic nitrogens is 2. The second kappa shape index (κ2) is 2.05. The summed E-state index contributed by atoms with van der Waals surface area (Å²) in [5.41, 5.74) is 4.98. The van der Waals surface area contributed by atoms with Crippen LogP contribution in [0.15, 0.2) is 12.3 Å². The molecule has 1 aromatic rings. The van der Waals surface area contributed by atoms with Gasteiger partial charge < -0.3 is 5.73 Å². The molecule has 0 aliphatic heterocycles. The van der Waals surface area contributed by atoms with Gasteiger partial charge in [0.1, 0.15) is 5.66 Å². The van der Waals surface area contributed by atoms with Gasteiger partial charge >= 0.3 is 0 Å². The molecular weight excluding hydrogens is 133 g/mol. The third-order valence-electron chi connectivity index (χ3n) is 1.15. The predicted octanol–water partition coefficient (Wildman–Crippen LogP) is 0.674. The molecule has 10 heavy (non-hydrogen) atoms. The molecule has 0 aliphatic carbocycles. The highest BCUT2D eigenvalue weighted by Gasteiger charge is 2.13. The molecule has 0 saturated heterocycles. The molecule has 56 valence electrons. The fourth-order valence-corrected chi connectivity index (χ4v) is 0.623. The van der Waals surface area contributed by atoms with Crippen LogP contribution >= 0.6 is 0 Å². The van der Waals surface area contributed by atoms with E-state index < -0.39 is 11.6 Å². The Bertz CT molecular complexity index is 223. The van der Waals surface area contributed by atoms with E-state index in [1.807, 2.05) is 0 Å². The van der Waals surface area contributed by atoms with Crippen LogP contribution in [0.1, 0.15) is 13.8 Å². The molecule has 0 spiro atoms. The minimum Gasteiger partial charge on any atom is -0.308 e. The lowest BCUT2D eigenvalue weighted by molar-refractivity contribution is 0.321. The monoisotopic (exact) mass is 143 g/mol. The Morgan fingerprint density at radius 2 is 2.30 bits per heavy atom. The molecule has 0 aliphatic rings. The highest BCUT2D eigenvalue weighted by atomic mass is 19.1. The molecule has 0 atom stereocenters. The van der Waals surface area contributed by atoms with Gasteiger partial charge in [0.15, 0.2) is 0 Å². The molecule has 1 heterocycles. The number of nitrogens with two attached hydrogens (primary N) is 1. The Hall–Kier alpha value is -0.900. The van der Waals surface area contributed by atoms with Crippen molar-refractivity contribution < 1.29 is 4.39 Å². The van der Waals surface area contributed by atoms with Gasteiger partial charge in [-0.05, 0) is 13.8 Å². The lowest BCUT2D eigenvalue weighted by atomic mass is 10.3. The summed E-state index contributed by atoms with van der Waals surface area (Å²) in [7, 11) is 0. The molecule has 0 bridgehead atoms. The molecule has 4 heteroatoms. The van der Waals surface area contributed by atoms with Crippen LogP contribution in [-0.2, 0) is 5.66 Å². The number of halogens is 1. The van der Waals surface area contributed by atoms with Crippen molar-refractivity contribution in [3.8, 4) is 0 Å². The van der Waals surface area contributed by atoms with Crippen molar-refractivity contribution in [2.75, 3.05) is 0 Å². The second-order valence-electron chi connectivity index (χ2n) is 2.74. The first-order chi connectivity index (χ1) is 4.50. The summed E-state index contributed by atoms with van der Waals surface area (Å²) in [6, 6.07) is 1.27. The lowest BCUT2D eigenvalue weighted by Gasteiger charge is -2.18. The van der Waals surface area contributed by atoms with E-state index in [1.165, 1.54) is 16.9 Å². The van der Waals surface area contributed by atoms with E-state index in [1.54, 1.807) is 13.8 Å². The van der Waals surface area contributed by atoms with Crippen molar-refractivity contribution in [3.05, 3.63) is 18.2 Å². The molecule has 2 N–H and O–H groups in total. The first-order valence-electron chi connectivity index (χ1n) is 3.01. The molecule has 0 unspecified atom stereocenters. The van der Waals surface area contributed by atoms with Crippen LogP contribution in [0, 0.1) is 5.95 Å². The number of hydrogen-bond donors (Lipinski definition) is 1. The van der Waals surface area contributed by atoms with Gasteiger partial charge in [-0.2, -0.15) is 4.39 Å². The van der Waals surface area contributed by atoms with Crippen molar-refractivity contribution in [3.63, 3.8) is 0 Å². The zero-order valence-corrected chi connectivity index (χ0v) is 6.00. The molecular formula is C6H10FN3. The van der Waals surface area contributed by atoms with Crippen LogP contribution < -0.4 is 5.73 Å². The van der Waals surface area contributed by atoms with Crippen LogP contribution in [0.2, 0.25) is 0 Å². The summed E-state index contributed by atoms with van der Waals surface area (Å²) < 4.78 is 13.6. The quantitative estimate of drug-likeness (QED) is 0.628. The summed E-state index contributed by atoms with van der Waals surface area (Å²) in [5, 5.41) is 3.51. The van der Waals surface area contributed by atoms with Crippen LogP contribution in [0.25, 0.3) is 0 Å². The van der Waals surface area contributed by atoms with E-state index in [4.69, 9.17) is 5.73 Å². The largest absolute Gasteiger partial charge is 0.308 e. The standard InChI is InChI=1S/C6H10FN3/c1-6(2,8)10-4-3-5(7)9-10/h3-4H,8H2,1-2H3. The van der Waals surface area contributed by atoms with Crippen molar-refractivity contribution in [2.24, 2.45) is 5.73 Å². The fourth-order valence-electron chi connectivity index (χ4n) is 0.623. The lowest BCUT2D eigenvalue weighted by Crippen LogP contribution is -2.36. The zero-order chi connectivity index (χ0) is 7.78. The van der Waals surface area contributed by atoms with Crippen LogP contribution in [0.4, 0.5) is 4.39 Å². The highest BCUT2D eigenvalue weighted by Crippen LogP contribution is 2.04. The average molecular weight is 143 g/mol. The maximum Gasteiger partial charge on any atom is 0.232 e. The average Bonchev–Trinajstić information content (AvgIpc) is 2.11. The van der Waals surface area contributed by atoms with E-state index in [2.05, 4.69) is 5.10 Å². The first kappa shape index (κ1) is 7.21. The smallest absolute Gasteiger partial charge is 0.232 e. The van der Waals surface area contributed by atoms with Gasteiger partial charge in [-0.25, -0.2) is 0 Å². The van der Waals surface area contributed by atoms with Gasteiger partial charge in [0, 0.05) is 12.3 Å². The number of hydrogen-bond acceptors (Lipinski definition) is 2. The molecule has 1 rings (SSSR count). The minimum absolute atomic E-state index is 0.501. The fraction of sp³-hybridized carbons (Fsp3) is 0.500. The SMILES string of the molecule is CC(C)(N)n1ccc(F)n1. The number of nitrogens with zero attached hydrogens (tertiary/aromatic N) is 2. The maximum atomic E-state index is 12.3. The van der Waals surface area contributed by atoms with Crippen molar-refractivity contribution in [1.29, 1.82) is 0 Å². The molecule has 0 saturated carbocycles. The topological polar surface area (TPSA) is 43.8 Å². The normalized spacial score (nSPS) is 12.0. The van der Waals surface area contributed by atoms with Gasteiger partial charge in [0.05, 0.1) is 0 Å². The molecule has 3 nitrogen and oxygen atoms in total. The minimum atomic E-state index is -0.621. The zero-order valence-electron chi connectivity index (χ0n) is 6.00. The summed E-state index contributed by atoms with van der Waals surface area (Å²) in [5.74, 6) is -0.501. The van der Waals surface area contributed by atoms with Gasteiger partial charge in [0.25, 0.3) is 0 Å². The Morgan fingerprint density at radius 3 is 2.50 bits per heavy atom. The van der Waals surface area contributed by atoms with E-state index in [0.717, 1.165) is 0 Å². The Morgan fingerprint density at radius 1 is 1.70 bits per heavy atom. The van der Waals surface area contributed by atoms with E-state index in [9.17, 15) is 4.39 Å². The third-order valence-corrected chi connectivity index (χ3v) is 1.15. The van der Waals surface area contributed by atoms with Crippen molar-refractivity contribution >= 4 is 0 Å². The third kappa shape index (κ3) is 1.33. The van der Waals surface area contributed by atoms with E-state index >= 15 is 0 Å². The second-order valence-corrected chi connectivity index (χ2v) is 2.74. The van der Waals surface area contributed by atoms with Crippen LogP contribution in [-0.4, -0.2) is 9.78 Å². The van der Waals surface area contributed by atoms with Crippen molar-refractivity contribution in [2.45, 2.75) is 19.5 Å². The summed E-state index contributed by atoms with van der Waals surface area (Å²) in [4.78, 5) is 0. The molecule has 0 aromatic carbocycles. The van der Waals surface area contributed by atoms with Crippen LogP contribution in [0.5, 0.6) is 0 Å². The molecule has 0 amide bonds. The highest BCUT2D eigenvalue weighted by molar-refractivity contribution is 4.86. The predicted molar refractivity (Wildman–Crippen MR) is 35.7 cm³/mol. The summed E-state index contributed by atoms with van der Waals surface area (Å²) in [6.45, 7) is 3.50. The molecule has 1 aromatic heterocycles. The Labute approximate surface area is 58.6 Å². The first-order valence-corrected chi connectivity index (χ1v) is 3.01. The molecule has 0 radical (unpaired) electrons. The summed E-state index contributed by atoms with van der Waals surface area (Å²) >= 11 is 0. The van der Waals surface area contributed by atoms with Gasteiger partial charge in [-0.15, -0.1) is 5.10 Å². The van der Waals surface area contributed by atoms with Crippen LogP contribution in [0.3, 0.4) is 0 Å². The Balaban J connectivity index is 2.96. The maximum absolute atomic E-state index is 12.3. The van der Waals surface area contributed by atoms with Gasteiger partial charge in [-0.1, -0.05) is 0 Å². The van der Waals surface area contributed by atoms with Gasteiger partial charge in [0.2, 0.25) is 5.95 Å². The summed E-state index contributed by atoms with van der Waals surface area (Å²) in [6.07, 6.45) is 1.51. The number of rotatable bonds is 1. The van der Waals surface area contributed by atoms with E-state index in [-0.39, 0.29) is 0 Å². The van der Waals surface area contributed by atoms with Crippen molar-refractivity contribution in [1.82, 2.24) is 9.78 Å². The van der Waals surface area contributed by atoms with E-state index in [0.29, 0.717) is 0 Å². The van der Waals surface area contributed by atoms with Gasteiger partial charge in [-0.3, -0.25) is 4.68 Å². The Kier molecular flexibility index (Phi) is 1.48.